The van der Waals surface area contributed by atoms with Gasteiger partial charge in [0.15, 0.2) is 5.13 Å². The van der Waals surface area contributed by atoms with Gasteiger partial charge >= 0.3 is 0 Å². The lowest BCUT2D eigenvalue weighted by Gasteiger charge is -2.27. The predicted molar refractivity (Wildman–Crippen MR) is 99.5 cm³/mol. The molecular weight excluding hydrogens is 334 g/mol. The molecule has 128 valence electrons. The minimum Gasteiger partial charge on any atom is -0.306 e. The highest BCUT2D eigenvalue weighted by Crippen LogP contribution is 2.31. The SMILES string of the molecule is CN1CCC(C(=O)Nc2ncc(-c3ccc4cncnc4c3)s2)CC1. The second kappa shape index (κ2) is 6.85. The number of fused-ring (bicyclic) bond motifs is 1. The lowest BCUT2D eigenvalue weighted by molar-refractivity contribution is -0.121. The predicted octanol–water partition coefficient (Wildman–Crippen LogP) is 3.03. The van der Waals surface area contributed by atoms with Crippen LogP contribution < -0.4 is 5.32 Å². The van der Waals surface area contributed by atoms with E-state index in [-0.39, 0.29) is 11.8 Å². The normalized spacial score (nSPS) is 16.2. The zero-order valence-corrected chi connectivity index (χ0v) is 14.8. The summed E-state index contributed by atoms with van der Waals surface area (Å²) in [6, 6.07) is 6.05. The number of carbonyl (C=O) groups is 1. The van der Waals surface area contributed by atoms with Gasteiger partial charge in [0, 0.05) is 23.7 Å². The maximum Gasteiger partial charge on any atom is 0.229 e. The standard InChI is InChI=1S/C18H19N5OS/c1-23-6-4-12(5-7-23)17(24)22-18-20-10-16(25-18)13-2-3-14-9-19-11-21-15(14)8-13/h2-3,8-12H,4-7H2,1H3,(H,20,22,24). The number of nitrogens with one attached hydrogen (secondary N) is 1. The molecule has 0 saturated carbocycles. The van der Waals surface area contributed by atoms with Crippen molar-refractivity contribution in [1.82, 2.24) is 19.9 Å². The quantitative estimate of drug-likeness (QED) is 0.784. The Kier molecular flexibility index (Phi) is 4.42. The maximum absolute atomic E-state index is 12.4. The van der Waals surface area contributed by atoms with Crippen molar-refractivity contribution in [2.45, 2.75) is 12.8 Å². The first kappa shape index (κ1) is 16.1. The van der Waals surface area contributed by atoms with Crippen LogP contribution in [0.25, 0.3) is 21.3 Å². The number of likely N-dealkylation sites (tertiary alicyclic amines) is 1. The van der Waals surface area contributed by atoms with E-state index in [1.165, 1.54) is 11.3 Å². The fourth-order valence-corrected chi connectivity index (χ4v) is 3.89. The summed E-state index contributed by atoms with van der Waals surface area (Å²) in [6.07, 6.45) is 6.96. The van der Waals surface area contributed by atoms with Gasteiger partial charge in [-0.1, -0.05) is 23.5 Å². The minimum absolute atomic E-state index is 0.0836. The molecule has 3 heterocycles. The van der Waals surface area contributed by atoms with Gasteiger partial charge in [-0.05, 0) is 44.6 Å². The lowest BCUT2D eigenvalue weighted by Crippen LogP contribution is -2.35. The second-order valence-corrected chi connectivity index (χ2v) is 7.42. The van der Waals surface area contributed by atoms with Crippen LogP contribution in [0.3, 0.4) is 0 Å². The fourth-order valence-electron chi connectivity index (χ4n) is 3.07. The molecule has 6 nitrogen and oxygen atoms in total. The van der Waals surface area contributed by atoms with Gasteiger partial charge in [0.05, 0.1) is 10.4 Å². The summed E-state index contributed by atoms with van der Waals surface area (Å²) in [7, 11) is 2.09. The van der Waals surface area contributed by atoms with Crippen LogP contribution in [0, 0.1) is 5.92 Å². The van der Waals surface area contributed by atoms with E-state index in [4.69, 9.17) is 0 Å². The van der Waals surface area contributed by atoms with Crippen LogP contribution in [-0.4, -0.2) is 45.9 Å². The highest BCUT2D eigenvalue weighted by molar-refractivity contribution is 7.19. The van der Waals surface area contributed by atoms with Crippen molar-refractivity contribution >= 4 is 33.3 Å². The van der Waals surface area contributed by atoms with E-state index < -0.39 is 0 Å². The van der Waals surface area contributed by atoms with Crippen LogP contribution in [0.4, 0.5) is 5.13 Å². The van der Waals surface area contributed by atoms with E-state index in [1.807, 2.05) is 18.2 Å². The Labute approximate surface area is 149 Å². The first-order chi connectivity index (χ1) is 12.2. The van der Waals surface area contributed by atoms with E-state index >= 15 is 0 Å². The molecule has 0 unspecified atom stereocenters. The molecule has 3 aromatic rings. The van der Waals surface area contributed by atoms with Gasteiger partial charge in [-0.25, -0.2) is 15.0 Å². The van der Waals surface area contributed by atoms with Crippen molar-refractivity contribution < 1.29 is 4.79 Å². The maximum atomic E-state index is 12.4. The number of carbonyl (C=O) groups excluding carboxylic acids is 1. The molecule has 0 radical (unpaired) electrons. The minimum atomic E-state index is 0.0836. The van der Waals surface area contributed by atoms with E-state index in [0.29, 0.717) is 5.13 Å². The number of hydrogen-bond acceptors (Lipinski definition) is 6. The van der Waals surface area contributed by atoms with Crippen LogP contribution in [0.2, 0.25) is 0 Å². The third kappa shape index (κ3) is 3.52. The van der Waals surface area contributed by atoms with Crippen molar-refractivity contribution in [1.29, 1.82) is 0 Å². The van der Waals surface area contributed by atoms with E-state index in [2.05, 4.69) is 32.2 Å². The number of hydrogen-bond donors (Lipinski definition) is 1. The zero-order chi connectivity index (χ0) is 17.2. The largest absolute Gasteiger partial charge is 0.306 e. The number of aromatic nitrogens is 3. The van der Waals surface area contributed by atoms with Gasteiger partial charge < -0.3 is 10.2 Å². The van der Waals surface area contributed by atoms with E-state index in [0.717, 1.165) is 47.3 Å². The van der Waals surface area contributed by atoms with Gasteiger partial charge in [-0.3, -0.25) is 4.79 Å². The average Bonchev–Trinajstić information content (AvgIpc) is 3.10. The summed E-state index contributed by atoms with van der Waals surface area (Å²) < 4.78 is 0. The fraction of sp³-hybridized carbons (Fsp3) is 0.333. The molecule has 1 aliphatic rings. The van der Waals surface area contributed by atoms with E-state index in [9.17, 15) is 4.79 Å². The molecule has 2 aromatic heterocycles. The Balaban J connectivity index is 1.48. The zero-order valence-electron chi connectivity index (χ0n) is 14.0. The summed E-state index contributed by atoms with van der Waals surface area (Å²) in [5, 5.41) is 4.64. The molecule has 0 spiro atoms. The molecular formula is C18H19N5OS. The summed E-state index contributed by atoms with van der Waals surface area (Å²) in [5.41, 5.74) is 1.95. The molecule has 0 atom stereocenters. The highest BCUT2D eigenvalue weighted by Gasteiger charge is 2.24. The molecule has 1 N–H and O–H groups in total. The number of amides is 1. The Hall–Kier alpha value is -2.38. The van der Waals surface area contributed by atoms with Crippen LogP contribution in [-0.2, 0) is 4.79 Å². The van der Waals surface area contributed by atoms with Crippen LogP contribution in [0.5, 0.6) is 0 Å². The topological polar surface area (TPSA) is 71.0 Å². The number of thiazole rings is 1. The molecule has 25 heavy (non-hydrogen) atoms. The number of rotatable bonds is 3. The number of anilines is 1. The Morgan fingerprint density at radius 1 is 1.24 bits per heavy atom. The molecule has 1 fully saturated rings. The third-order valence-electron chi connectivity index (χ3n) is 4.62. The first-order valence-corrected chi connectivity index (χ1v) is 9.16. The lowest BCUT2D eigenvalue weighted by atomic mass is 9.96. The van der Waals surface area contributed by atoms with Gasteiger partial charge in [-0.15, -0.1) is 0 Å². The number of benzene rings is 1. The second-order valence-electron chi connectivity index (χ2n) is 6.39. The van der Waals surface area contributed by atoms with Gasteiger partial charge in [0.25, 0.3) is 0 Å². The van der Waals surface area contributed by atoms with Crippen LogP contribution in [0.1, 0.15) is 12.8 Å². The molecule has 1 saturated heterocycles. The highest BCUT2D eigenvalue weighted by atomic mass is 32.1. The van der Waals surface area contributed by atoms with Gasteiger partial charge in [-0.2, -0.15) is 0 Å². The van der Waals surface area contributed by atoms with Crippen molar-refractivity contribution in [3.63, 3.8) is 0 Å². The van der Waals surface area contributed by atoms with Crippen LogP contribution >= 0.6 is 11.3 Å². The average molecular weight is 353 g/mol. The first-order valence-electron chi connectivity index (χ1n) is 8.34. The summed E-state index contributed by atoms with van der Waals surface area (Å²) in [6.45, 7) is 1.94. The van der Waals surface area contributed by atoms with E-state index in [1.54, 1.807) is 18.7 Å². The molecule has 7 heteroatoms. The van der Waals surface area contributed by atoms with Crippen molar-refractivity contribution in [2.24, 2.45) is 5.92 Å². The smallest absolute Gasteiger partial charge is 0.229 e. The van der Waals surface area contributed by atoms with Crippen LogP contribution in [0.15, 0.2) is 36.9 Å². The number of piperidine rings is 1. The number of nitrogens with zero attached hydrogens (tertiary/aromatic N) is 4. The third-order valence-corrected chi connectivity index (χ3v) is 5.58. The van der Waals surface area contributed by atoms with Crippen molar-refractivity contribution in [2.75, 3.05) is 25.5 Å². The molecule has 1 aromatic carbocycles. The van der Waals surface area contributed by atoms with Crippen molar-refractivity contribution in [3.05, 3.63) is 36.9 Å². The molecule has 1 amide bonds. The van der Waals surface area contributed by atoms with Gasteiger partial charge in [0.1, 0.15) is 6.33 Å². The van der Waals surface area contributed by atoms with Crippen molar-refractivity contribution in [3.8, 4) is 10.4 Å². The summed E-state index contributed by atoms with van der Waals surface area (Å²) in [4.78, 5) is 28.4. The molecule has 0 aliphatic carbocycles. The monoisotopic (exact) mass is 353 g/mol. The summed E-state index contributed by atoms with van der Waals surface area (Å²) >= 11 is 1.49. The molecule has 4 rings (SSSR count). The summed E-state index contributed by atoms with van der Waals surface area (Å²) in [5.74, 6) is 0.168. The Morgan fingerprint density at radius 2 is 2.08 bits per heavy atom. The van der Waals surface area contributed by atoms with Gasteiger partial charge in [0.2, 0.25) is 5.91 Å². The Bertz CT molecular complexity index is 901. The molecule has 1 aliphatic heterocycles. The molecule has 0 bridgehead atoms. The Morgan fingerprint density at radius 3 is 2.92 bits per heavy atom.